The normalized spacial score (nSPS) is 19.9. The van der Waals surface area contributed by atoms with Crippen LogP contribution in [0.25, 0.3) is 0 Å². The number of nitrogen functional groups attached to an aromatic ring is 1. The first-order chi connectivity index (χ1) is 10.2. The van der Waals surface area contributed by atoms with Crippen LogP contribution >= 0.6 is 0 Å². The van der Waals surface area contributed by atoms with Gasteiger partial charge in [0, 0.05) is 63.7 Å². The monoisotopic (exact) mass is 289 g/mol. The summed E-state index contributed by atoms with van der Waals surface area (Å²) in [4.78, 5) is 18.2. The fourth-order valence-corrected chi connectivity index (χ4v) is 2.94. The van der Waals surface area contributed by atoms with Gasteiger partial charge in [0.15, 0.2) is 0 Å². The van der Waals surface area contributed by atoms with Gasteiger partial charge in [-0.15, -0.1) is 0 Å². The highest BCUT2D eigenvalue weighted by Gasteiger charge is 2.22. The zero-order valence-corrected chi connectivity index (χ0v) is 12.3. The molecule has 21 heavy (non-hydrogen) atoms. The third-order valence-corrected chi connectivity index (χ3v) is 4.24. The molecule has 1 aromatic carbocycles. The summed E-state index contributed by atoms with van der Waals surface area (Å²) < 4.78 is 0. The Bertz CT molecular complexity index is 499. The van der Waals surface area contributed by atoms with Gasteiger partial charge in [-0.3, -0.25) is 4.90 Å². The summed E-state index contributed by atoms with van der Waals surface area (Å²) in [5.74, 6) is 0. The van der Waals surface area contributed by atoms with E-state index in [1.54, 1.807) is 0 Å². The predicted octanol–water partition coefficient (Wildman–Crippen LogP) is 0.416. The van der Waals surface area contributed by atoms with Crippen LogP contribution in [0.15, 0.2) is 24.3 Å². The van der Waals surface area contributed by atoms with E-state index in [0.29, 0.717) is 0 Å². The van der Waals surface area contributed by atoms with Crippen LogP contribution in [-0.4, -0.2) is 68.2 Å². The van der Waals surface area contributed by atoms with E-state index < -0.39 is 0 Å². The van der Waals surface area contributed by atoms with Gasteiger partial charge in [0.25, 0.3) is 0 Å². The van der Waals surface area contributed by atoms with E-state index in [9.17, 15) is 4.79 Å². The molecular weight excluding hydrogens is 266 g/mol. The minimum absolute atomic E-state index is 0.0772. The summed E-state index contributed by atoms with van der Waals surface area (Å²) in [6.45, 7) is 7.48. The van der Waals surface area contributed by atoms with Crippen molar-refractivity contribution in [3.63, 3.8) is 0 Å². The van der Waals surface area contributed by atoms with Crippen LogP contribution in [0.5, 0.6) is 0 Å². The van der Waals surface area contributed by atoms with Crippen LogP contribution in [0.3, 0.4) is 0 Å². The van der Waals surface area contributed by atoms with Crippen molar-refractivity contribution < 1.29 is 4.79 Å². The second kappa shape index (κ2) is 6.22. The number of nitrogens with two attached hydrogens (primary N) is 1. The van der Waals surface area contributed by atoms with Gasteiger partial charge >= 0.3 is 6.03 Å². The molecule has 2 heterocycles. The summed E-state index contributed by atoms with van der Waals surface area (Å²) >= 11 is 0. The third kappa shape index (κ3) is 3.39. The molecule has 114 valence electrons. The standard InChI is InChI=1S/C15H23N5O/c16-13-2-1-3-14(12-13)19-9-6-18(7-10-19)8-11-20-5-4-17-15(20)21/h1-3,12H,4-11,16H2,(H,17,21). The van der Waals surface area contributed by atoms with Crippen LogP contribution in [0.4, 0.5) is 16.2 Å². The van der Waals surface area contributed by atoms with E-state index in [1.165, 1.54) is 5.69 Å². The van der Waals surface area contributed by atoms with Crippen LogP contribution in [0, 0.1) is 0 Å². The molecule has 0 radical (unpaired) electrons. The summed E-state index contributed by atoms with van der Waals surface area (Å²) in [6.07, 6.45) is 0. The molecule has 0 bridgehead atoms. The highest BCUT2D eigenvalue weighted by Crippen LogP contribution is 2.19. The van der Waals surface area contributed by atoms with E-state index in [0.717, 1.165) is 58.0 Å². The quantitative estimate of drug-likeness (QED) is 0.788. The lowest BCUT2D eigenvalue weighted by Crippen LogP contribution is -2.48. The molecule has 6 heteroatoms. The van der Waals surface area contributed by atoms with Gasteiger partial charge in [0.05, 0.1) is 0 Å². The number of rotatable bonds is 4. The lowest BCUT2D eigenvalue weighted by atomic mass is 10.2. The van der Waals surface area contributed by atoms with Crippen LogP contribution in [-0.2, 0) is 0 Å². The van der Waals surface area contributed by atoms with Crippen molar-refractivity contribution >= 4 is 17.4 Å². The topological polar surface area (TPSA) is 64.8 Å². The molecule has 2 fully saturated rings. The number of urea groups is 1. The van der Waals surface area contributed by atoms with Crippen molar-refractivity contribution in [2.75, 3.05) is 63.0 Å². The first-order valence-corrected chi connectivity index (χ1v) is 7.58. The maximum absolute atomic E-state index is 11.5. The minimum atomic E-state index is 0.0772. The zero-order chi connectivity index (χ0) is 14.7. The number of nitrogens with zero attached hydrogens (tertiary/aromatic N) is 3. The largest absolute Gasteiger partial charge is 0.399 e. The first kappa shape index (κ1) is 14.0. The summed E-state index contributed by atoms with van der Waals surface area (Å²) in [5.41, 5.74) is 7.86. The number of piperazine rings is 1. The Hall–Kier alpha value is -1.95. The Morgan fingerprint density at radius 2 is 1.90 bits per heavy atom. The number of nitrogens with one attached hydrogen (secondary N) is 1. The Balaban J connectivity index is 1.45. The second-order valence-corrected chi connectivity index (χ2v) is 5.64. The van der Waals surface area contributed by atoms with Crippen molar-refractivity contribution in [2.45, 2.75) is 0 Å². The van der Waals surface area contributed by atoms with Crippen LogP contribution < -0.4 is 16.0 Å². The molecule has 0 saturated carbocycles. The Morgan fingerprint density at radius 1 is 1.10 bits per heavy atom. The average molecular weight is 289 g/mol. The molecule has 2 aliphatic rings. The molecule has 0 unspecified atom stereocenters. The van der Waals surface area contributed by atoms with Gasteiger partial charge in [-0.2, -0.15) is 0 Å². The second-order valence-electron chi connectivity index (χ2n) is 5.64. The number of hydrogen-bond acceptors (Lipinski definition) is 4. The highest BCUT2D eigenvalue weighted by atomic mass is 16.2. The number of anilines is 2. The van der Waals surface area contributed by atoms with Gasteiger partial charge < -0.3 is 20.9 Å². The smallest absolute Gasteiger partial charge is 0.317 e. The number of hydrogen-bond donors (Lipinski definition) is 2. The fraction of sp³-hybridized carbons (Fsp3) is 0.533. The van der Waals surface area contributed by atoms with E-state index in [2.05, 4.69) is 21.2 Å². The molecule has 0 aliphatic carbocycles. The van der Waals surface area contributed by atoms with Crippen molar-refractivity contribution in [3.05, 3.63) is 24.3 Å². The molecule has 3 N–H and O–H groups in total. The van der Waals surface area contributed by atoms with Crippen LogP contribution in [0.1, 0.15) is 0 Å². The number of benzene rings is 1. The molecule has 0 aromatic heterocycles. The van der Waals surface area contributed by atoms with E-state index >= 15 is 0 Å². The van der Waals surface area contributed by atoms with Gasteiger partial charge in [-0.25, -0.2) is 4.79 Å². The molecule has 2 aliphatic heterocycles. The number of carbonyl (C=O) groups excluding carboxylic acids is 1. The number of carbonyl (C=O) groups is 1. The maximum atomic E-state index is 11.5. The Labute approximate surface area is 125 Å². The Morgan fingerprint density at radius 3 is 2.57 bits per heavy atom. The molecular formula is C15H23N5O. The van der Waals surface area contributed by atoms with Gasteiger partial charge in [0.1, 0.15) is 0 Å². The van der Waals surface area contributed by atoms with E-state index in [1.807, 2.05) is 23.1 Å². The van der Waals surface area contributed by atoms with Crippen molar-refractivity contribution in [1.29, 1.82) is 0 Å². The average Bonchev–Trinajstić information content (AvgIpc) is 2.91. The first-order valence-electron chi connectivity index (χ1n) is 7.58. The molecule has 0 atom stereocenters. The van der Waals surface area contributed by atoms with E-state index in [4.69, 9.17) is 5.73 Å². The molecule has 0 spiro atoms. The fourth-order valence-electron chi connectivity index (χ4n) is 2.94. The Kier molecular flexibility index (Phi) is 4.15. The van der Waals surface area contributed by atoms with Gasteiger partial charge in [-0.05, 0) is 18.2 Å². The van der Waals surface area contributed by atoms with Crippen molar-refractivity contribution in [1.82, 2.24) is 15.1 Å². The lowest BCUT2D eigenvalue weighted by Gasteiger charge is -2.36. The molecule has 1 aromatic rings. The molecule has 6 nitrogen and oxygen atoms in total. The predicted molar refractivity (Wildman–Crippen MR) is 84.5 cm³/mol. The van der Waals surface area contributed by atoms with Gasteiger partial charge in [-0.1, -0.05) is 6.07 Å². The SMILES string of the molecule is Nc1cccc(N2CCN(CCN3CCNC3=O)CC2)c1. The molecule has 2 amide bonds. The van der Waals surface area contributed by atoms with E-state index in [-0.39, 0.29) is 6.03 Å². The summed E-state index contributed by atoms with van der Waals surface area (Å²) in [7, 11) is 0. The van der Waals surface area contributed by atoms with Crippen molar-refractivity contribution in [3.8, 4) is 0 Å². The van der Waals surface area contributed by atoms with Gasteiger partial charge in [0.2, 0.25) is 0 Å². The zero-order valence-electron chi connectivity index (χ0n) is 12.3. The summed E-state index contributed by atoms with van der Waals surface area (Å²) in [5, 5.41) is 2.84. The molecule has 3 rings (SSSR count). The third-order valence-electron chi connectivity index (χ3n) is 4.24. The number of amides is 2. The maximum Gasteiger partial charge on any atom is 0.317 e. The summed E-state index contributed by atoms with van der Waals surface area (Å²) in [6, 6.07) is 8.14. The highest BCUT2D eigenvalue weighted by molar-refractivity contribution is 5.76. The van der Waals surface area contributed by atoms with Crippen molar-refractivity contribution in [2.24, 2.45) is 0 Å². The minimum Gasteiger partial charge on any atom is -0.399 e. The van der Waals surface area contributed by atoms with Crippen LogP contribution in [0.2, 0.25) is 0 Å². The lowest BCUT2D eigenvalue weighted by molar-refractivity contribution is 0.197. The molecule has 2 saturated heterocycles.